The average molecular weight is 451 g/mol. The van der Waals surface area contributed by atoms with Crippen LogP contribution in [0.15, 0.2) is 47.5 Å². The Hall–Kier alpha value is -3.10. The van der Waals surface area contributed by atoms with Crippen LogP contribution in [0.25, 0.3) is 0 Å². The summed E-state index contributed by atoms with van der Waals surface area (Å²) >= 11 is 12.0. The van der Waals surface area contributed by atoms with Crippen LogP contribution in [-0.4, -0.2) is 41.3 Å². The first-order valence-corrected chi connectivity index (χ1v) is 9.55. The summed E-state index contributed by atoms with van der Waals surface area (Å²) in [6.45, 7) is -0.109. The van der Waals surface area contributed by atoms with Crippen molar-refractivity contribution in [1.82, 2.24) is 5.32 Å². The monoisotopic (exact) mass is 450 g/mol. The van der Waals surface area contributed by atoms with Gasteiger partial charge < -0.3 is 21.9 Å². The van der Waals surface area contributed by atoms with Crippen molar-refractivity contribution >= 4 is 46.8 Å². The molecule has 10 heteroatoms. The molecule has 0 saturated carbocycles. The second-order valence-electron chi connectivity index (χ2n) is 6.44. The number of amides is 1. The summed E-state index contributed by atoms with van der Waals surface area (Å²) in [5.41, 5.74) is 11.8. The number of halogens is 2. The van der Waals surface area contributed by atoms with Gasteiger partial charge in [0, 0.05) is 12.8 Å². The Balaban J connectivity index is 2.05. The number of aliphatic carboxylic acids is 1. The van der Waals surface area contributed by atoms with Crippen LogP contribution in [0, 0.1) is 0 Å². The minimum absolute atomic E-state index is 0.0155. The minimum atomic E-state index is -1.21. The van der Waals surface area contributed by atoms with Crippen molar-refractivity contribution in [2.24, 2.45) is 16.5 Å². The molecular weight excluding hydrogens is 431 g/mol. The average Bonchev–Trinajstić information content (AvgIpc) is 2.67. The highest BCUT2D eigenvalue weighted by Crippen LogP contribution is 2.24. The molecule has 0 aliphatic rings. The number of hydrogen-bond acceptors (Lipinski definition) is 4. The quantitative estimate of drug-likeness (QED) is 0.338. The molecule has 0 aliphatic heterocycles. The molecule has 2 aromatic rings. The molecule has 0 saturated heterocycles. The van der Waals surface area contributed by atoms with Crippen molar-refractivity contribution in [3.63, 3.8) is 0 Å². The maximum atomic E-state index is 12.5. The van der Waals surface area contributed by atoms with E-state index in [9.17, 15) is 19.5 Å². The van der Waals surface area contributed by atoms with E-state index >= 15 is 0 Å². The maximum Gasteiger partial charge on any atom is 0.326 e. The fourth-order valence-electron chi connectivity index (χ4n) is 2.64. The van der Waals surface area contributed by atoms with Crippen LogP contribution >= 0.6 is 23.2 Å². The molecule has 0 fully saturated rings. The number of carboxylic acids is 1. The lowest BCUT2D eigenvalue weighted by atomic mass is 10.0. The highest BCUT2D eigenvalue weighted by Gasteiger charge is 2.23. The zero-order chi connectivity index (χ0) is 22.3. The third-order valence-electron chi connectivity index (χ3n) is 4.10. The number of benzene rings is 2. The molecule has 0 aliphatic carbocycles. The van der Waals surface area contributed by atoms with Crippen LogP contribution < -0.4 is 16.8 Å². The number of rotatable bonds is 9. The summed E-state index contributed by atoms with van der Waals surface area (Å²) in [6, 6.07) is 10.2. The van der Waals surface area contributed by atoms with Crippen LogP contribution in [0.3, 0.4) is 0 Å². The Morgan fingerprint density at radius 1 is 1.00 bits per heavy atom. The first kappa shape index (κ1) is 23.2. The van der Waals surface area contributed by atoms with E-state index in [1.165, 1.54) is 12.1 Å². The molecule has 0 spiro atoms. The SMILES string of the molecule is NC(N)=NCC(=O)Cc1ccc(CC(NC(=O)c2c(Cl)cccc2Cl)C(=O)O)cc1. The van der Waals surface area contributed by atoms with Crippen molar-refractivity contribution in [3.8, 4) is 0 Å². The molecule has 158 valence electrons. The fraction of sp³-hybridized carbons (Fsp3) is 0.200. The molecule has 6 N–H and O–H groups in total. The fourth-order valence-corrected chi connectivity index (χ4v) is 3.21. The normalized spacial score (nSPS) is 11.4. The highest BCUT2D eigenvalue weighted by molar-refractivity contribution is 6.39. The minimum Gasteiger partial charge on any atom is -0.480 e. The summed E-state index contributed by atoms with van der Waals surface area (Å²) in [4.78, 5) is 39.6. The van der Waals surface area contributed by atoms with Crippen LogP contribution in [0.4, 0.5) is 0 Å². The summed E-state index contributed by atoms with van der Waals surface area (Å²) < 4.78 is 0. The highest BCUT2D eigenvalue weighted by atomic mass is 35.5. The molecule has 0 aromatic heterocycles. The number of nitrogens with zero attached hydrogens (tertiary/aromatic N) is 1. The predicted octanol–water partition coefficient (Wildman–Crippen LogP) is 1.80. The van der Waals surface area contributed by atoms with Crippen molar-refractivity contribution in [2.75, 3.05) is 6.54 Å². The Kier molecular flexibility index (Phi) is 8.20. The van der Waals surface area contributed by atoms with Gasteiger partial charge in [0.05, 0.1) is 15.6 Å². The molecule has 30 heavy (non-hydrogen) atoms. The summed E-state index contributed by atoms with van der Waals surface area (Å²) in [5, 5.41) is 12.2. The number of ketones is 1. The zero-order valence-electron chi connectivity index (χ0n) is 15.8. The van der Waals surface area contributed by atoms with E-state index < -0.39 is 17.9 Å². The predicted molar refractivity (Wildman–Crippen MR) is 115 cm³/mol. The van der Waals surface area contributed by atoms with Gasteiger partial charge in [-0.15, -0.1) is 0 Å². The van der Waals surface area contributed by atoms with Crippen molar-refractivity contribution < 1.29 is 19.5 Å². The van der Waals surface area contributed by atoms with Gasteiger partial charge in [0.1, 0.15) is 12.6 Å². The largest absolute Gasteiger partial charge is 0.480 e. The molecule has 2 rings (SSSR count). The molecule has 0 heterocycles. The topological polar surface area (TPSA) is 148 Å². The van der Waals surface area contributed by atoms with E-state index in [1.807, 2.05) is 0 Å². The number of aliphatic imine (C=N–C) groups is 1. The van der Waals surface area contributed by atoms with E-state index in [4.69, 9.17) is 34.7 Å². The summed E-state index contributed by atoms with van der Waals surface area (Å²) in [7, 11) is 0. The zero-order valence-corrected chi connectivity index (χ0v) is 17.3. The number of nitrogens with one attached hydrogen (secondary N) is 1. The summed E-state index contributed by atoms with van der Waals surface area (Å²) in [5.74, 6) is -2.20. The smallest absolute Gasteiger partial charge is 0.326 e. The molecule has 1 atom stereocenters. The van der Waals surface area contributed by atoms with E-state index in [1.54, 1.807) is 30.3 Å². The molecule has 1 amide bonds. The van der Waals surface area contributed by atoms with E-state index in [2.05, 4.69) is 10.3 Å². The van der Waals surface area contributed by atoms with Gasteiger partial charge in [-0.1, -0.05) is 53.5 Å². The van der Waals surface area contributed by atoms with Gasteiger partial charge in [-0.3, -0.25) is 9.59 Å². The number of Topliss-reactive ketones (excluding diaryl/α,β-unsaturated/α-hetero) is 1. The standard InChI is InChI=1S/C20H20Cl2N4O4/c21-14-2-1-3-15(22)17(14)18(28)26-16(19(29)30)9-12-6-4-11(5-7-12)8-13(27)10-25-20(23)24/h1-7,16H,8-10H2,(H,26,28)(H,29,30)(H4,23,24,25). The van der Waals surface area contributed by atoms with Gasteiger partial charge in [0.25, 0.3) is 5.91 Å². The maximum absolute atomic E-state index is 12.5. The first-order valence-electron chi connectivity index (χ1n) is 8.80. The van der Waals surface area contributed by atoms with E-state index in [-0.39, 0.29) is 46.7 Å². The van der Waals surface area contributed by atoms with Gasteiger partial charge in [0.2, 0.25) is 0 Å². The van der Waals surface area contributed by atoms with E-state index in [0.29, 0.717) is 5.56 Å². The van der Waals surface area contributed by atoms with E-state index in [0.717, 1.165) is 5.56 Å². The Morgan fingerprint density at radius 3 is 2.10 bits per heavy atom. The lowest BCUT2D eigenvalue weighted by Crippen LogP contribution is -2.42. The Morgan fingerprint density at radius 2 is 1.57 bits per heavy atom. The lowest BCUT2D eigenvalue weighted by Gasteiger charge is -2.16. The number of nitrogens with two attached hydrogens (primary N) is 2. The lowest BCUT2D eigenvalue weighted by molar-refractivity contribution is -0.139. The third kappa shape index (κ3) is 6.75. The van der Waals surface area contributed by atoms with Gasteiger partial charge in [0.15, 0.2) is 11.7 Å². The van der Waals surface area contributed by atoms with Gasteiger partial charge in [-0.2, -0.15) is 0 Å². The number of guanidine groups is 1. The third-order valence-corrected chi connectivity index (χ3v) is 4.73. The number of carbonyl (C=O) groups is 3. The number of hydrogen-bond donors (Lipinski definition) is 4. The number of carbonyl (C=O) groups excluding carboxylic acids is 2. The van der Waals surface area contributed by atoms with Crippen LogP contribution in [-0.2, 0) is 22.4 Å². The van der Waals surface area contributed by atoms with Crippen molar-refractivity contribution in [1.29, 1.82) is 0 Å². The van der Waals surface area contributed by atoms with Gasteiger partial charge in [-0.25, -0.2) is 9.79 Å². The van der Waals surface area contributed by atoms with Crippen molar-refractivity contribution in [3.05, 3.63) is 69.2 Å². The Labute approximate surface area is 182 Å². The van der Waals surface area contributed by atoms with Gasteiger partial charge >= 0.3 is 5.97 Å². The molecule has 1 unspecified atom stereocenters. The molecular formula is C20H20Cl2N4O4. The number of carboxylic acid groups (broad SMARTS) is 1. The molecule has 2 aromatic carbocycles. The summed E-state index contributed by atoms with van der Waals surface area (Å²) in [6.07, 6.45) is 0.173. The Bertz CT molecular complexity index is 953. The second-order valence-corrected chi connectivity index (χ2v) is 7.25. The molecule has 0 radical (unpaired) electrons. The van der Waals surface area contributed by atoms with Crippen LogP contribution in [0.1, 0.15) is 21.5 Å². The van der Waals surface area contributed by atoms with Gasteiger partial charge in [-0.05, 0) is 23.3 Å². The second kappa shape index (κ2) is 10.6. The molecule has 8 nitrogen and oxygen atoms in total. The first-order chi connectivity index (χ1) is 14.2. The van der Waals surface area contributed by atoms with Crippen molar-refractivity contribution in [2.45, 2.75) is 18.9 Å². The van der Waals surface area contributed by atoms with Crippen LogP contribution in [0.5, 0.6) is 0 Å². The molecule has 0 bridgehead atoms. The van der Waals surface area contributed by atoms with Crippen LogP contribution in [0.2, 0.25) is 10.0 Å².